The molecule has 3 aromatic rings. The van der Waals surface area contributed by atoms with Gasteiger partial charge in [-0.25, -0.2) is 0 Å². The van der Waals surface area contributed by atoms with Gasteiger partial charge in [0.05, 0.1) is 5.52 Å². The van der Waals surface area contributed by atoms with Crippen LogP contribution in [0.5, 0.6) is 5.75 Å². The van der Waals surface area contributed by atoms with Gasteiger partial charge in [0, 0.05) is 18.0 Å². The van der Waals surface area contributed by atoms with Crippen LogP contribution in [-0.4, -0.2) is 22.1 Å². The Kier molecular flexibility index (Phi) is 4.44. The Bertz CT molecular complexity index is 1070. The van der Waals surface area contributed by atoms with Crippen molar-refractivity contribution in [2.24, 2.45) is 0 Å². The van der Waals surface area contributed by atoms with E-state index in [1.54, 1.807) is 10.6 Å². The second-order valence-electron chi connectivity index (χ2n) is 7.11. The number of aryl methyl sites for hydroxylation is 1. The third kappa shape index (κ3) is 2.99. The van der Waals surface area contributed by atoms with E-state index in [4.69, 9.17) is 0 Å². The first-order chi connectivity index (χ1) is 13.1. The lowest BCUT2D eigenvalue weighted by Gasteiger charge is -2.14. The van der Waals surface area contributed by atoms with Crippen LogP contribution < -0.4 is 10.9 Å². The molecule has 27 heavy (non-hydrogen) atoms. The average molecular weight is 362 g/mol. The highest BCUT2D eigenvalue weighted by atomic mass is 16.3. The van der Waals surface area contributed by atoms with E-state index in [1.807, 2.05) is 49.4 Å². The molecular weight excluding hydrogens is 340 g/mol. The fourth-order valence-electron chi connectivity index (χ4n) is 3.95. The van der Waals surface area contributed by atoms with Crippen molar-refractivity contribution < 1.29 is 9.90 Å². The molecule has 0 saturated carbocycles. The van der Waals surface area contributed by atoms with E-state index in [9.17, 15) is 14.7 Å². The fraction of sp³-hybridized carbons (Fsp3) is 0.273. The summed E-state index contributed by atoms with van der Waals surface area (Å²) in [4.78, 5) is 25.6. The molecule has 5 nitrogen and oxygen atoms in total. The Hall–Kier alpha value is -3.08. The predicted octanol–water partition coefficient (Wildman–Crippen LogP) is 3.19. The molecule has 0 bridgehead atoms. The van der Waals surface area contributed by atoms with E-state index in [0.717, 1.165) is 30.3 Å². The first kappa shape index (κ1) is 17.3. The Morgan fingerprint density at radius 2 is 1.96 bits per heavy atom. The number of aromatic hydroxyl groups is 1. The summed E-state index contributed by atoms with van der Waals surface area (Å²) in [6.45, 7) is 2.40. The zero-order chi connectivity index (χ0) is 19.0. The van der Waals surface area contributed by atoms with Gasteiger partial charge in [0.25, 0.3) is 11.5 Å². The van der Waals surface area contributed by atoms with Gasteiger partial charge in [0.1, 0.15) is 11.3 Å². The van der Waals surface area contributed by atoms with Crippen molar-refractivity contribution in [1.82, 2.24) is 9.88 Å². The van der Waals surface area contributed by atoms with Gasteiger partial charge < -0.3 is 15.0 Å². The van der Waals surface area contributed by atoms with Crippen molar-refractivity contribution >= 4 is 16.8 Å². The second-order valence-corrected chi connectivity index (χ2v) is 7.11. The normalized spacial score (nSPS) is 15.2. The molecule has 2 heterocycles. The Labute approximate surface area is 157 Å². The van der Waals surface area contributed by atoms with Gasteiger partial charge in [0.15, 0.2) is 0 Å². The number of aromatic nitrogens is 1. The summed E-state index contributed by atoms with van der Waals surface area (Å²) >= 11 is 0. The molecule has 0 fully saturated rings. The number of amides is 1. The molecule has 4 rings (SSSR count). The van der Waals surface area contributed by atoms with E-state index in [1.165, 1.54) is 5.56 Å². The Balaban J connectivity index is 1.57. The summed E-state index contributed by atoms with van der Waals surface area (Å²) < 4.78 is 1.64. The topological polar surface area (TPSA) is 71.3 Å². The van der Waals surface area contributed by atoms with Crippen LogP contribution in [0.2, 0.25) is 0 Å². The van der Waals surface area contributed by atoms with Crippen LogP contribution in [0.15, 0.2) is 53.3 Å². The zero-order valence-corrected chi connectivity index (χ0v) is 15.2. The van der Waals surface area contributed by atoms with Crippen LogP contribution in [0.4, 0.5) is 0 Å². The van der Waals surface area contributed by atoms with E-state index in [-0.39, 0.29) is 17.4 Å². The minimum Gasteiger partial charge on any atom is -0.506 e. The molecule has 2 aromatic carbocycles. The maximum Gasteiger partial charge on any atom is 0.267 e. The van der Waals surface area contributed by atoms with Gasteiger partial charge in [-0.3, -0.25) is 9.59 Å². The van der Waals surface area contributed by atoms with Crippen LogP contribution in [0.3, 0.4) is 0 Å². The molecule has 1 amide bonds. The van der Waals surface area contributed by atoms with E-state index in [2.05, 4.69) is 5.32 Å². The number of rotatable bonds is 5. The molecule has 0 spiro atoms. The van der Waals surface area contributed by atoms with E-state index < -0.39 is 11.5 Å². The highest BCUT2D eigenvalue weighted by molar-refractivity contribution is 6.03. The van der Waals surface area contributed by atoms with Gasteiger partial charge in [-0.1, -0.05) is 42.5 Å². The van der Waals surface area contributed by atoms with Crippen LogP contribution >= 0.6 is 0 Å². The summed E-state index contributed by atoms with van der Waals surface area (Å²) in [5, 5.41) is 14.0. The minimum atomic E-state index is -0.513. The molecule has 1 unspecified atom stereocenters. The fourth-order valence-corrected chi connectivity index (χ4v) is 3.95. The number of nitrogens with zero attached hydrogens (tertiary/aromatic N) is 1. The number of hydrogen-bond donors (Lipinski definition) is 2. The predicted molar refractivity (Wildman–Crippen MR) is 105 cm³/mol. The lowest BCUT2D eigenvalue weighted by atomic mass is 10.1. The average Bonchev–Trinajstić information content (AvgIpc) is 3.01. The lowest BCUT2D eigenvalue weighted by Crippen LogP contribution is -2.34. The number of benzene rings is 2. The summed E-state index contributed by atoms with van der Waals surface area (Å²) in [5.41, 5.74) is 2.40. The number of pyridine rings is 1. The van der Waals surface area contributed by atoms with E-state index in [0.29, 0.717) is 11.9 Å². The summed E-state index contributed by atoms with van der Waals surface area (Å²) in [7, 11) is 0. The number of nitrogens with one attached hydrogen (secondary N) is 1. The quantitative estimate of drug-likeness (QED) is 0.685. The van der Waals surface area contributed by atoms with Gasteiger partial charge in [-0.2, -0.15) is 0 Å². The van der Waals surface area contributed by atoms with Crippen LogP contribution in [0.1, 0.15) is 40.9 Å². The molecule has 5 heteroatoms. The van der Waals surface area contributed by atoms with Crippen molar-refractivity contribution in [3.05, 3.63) is 75.6 Å². The standard InChI is InChI=1S/C22H22N2O3/c1-14-13-16-10-5-11-17-19(16)24(14)22(27)18(20(17)25)21(26)23-12-6-9-15-7-3-2-4-8-15/h2-5,7-8,10-11,14,25H,6,9,12-13H2,1H3,(H,23,26). The van der Waals surface area contributed by atoms with Crippen LogP contribution in [-0.2, 0) is 12.8 Å². The van der Waals surface area contributed by atoms with Crippen molar-refractivity contribution in [3.8, 4) is 5.75 Å². The molecule has 2 N–H and O–H groups in total. The van der Waals surface area contributed by atoms with Crippen molar-refractivity contribution in [2.45, 2.75) is 32.2 Å². The molecule has 1 atom stereocenters. The largest absolute Gasteiger partial charge is 0.506 e. The molecule has 1 aliphatic rings. The Morgan fingerprint density at radius 1 is 1.19 bits per heavy atom. The Morgan fingerprint density at radius 3 is 2.74 bits per heavy atom. The highest BCUT2D eigenvalue weighted by Gasteiger charge is 2.29. The number of para-hydroxylation sites is 1. The molecular formula is C22H22N2O3. The van der Waals surface area contributed by atoms with Gasteiger partial charge in [0.2, 0.25) is 0 Å². The molecule has 0 radical (unpaired) electrons. The van der Waals surface area contributed by atoms with E-state index >= 15 is 0 Å². The van der Waals surface area contributed by atoms with Gasteiger partial charge in [-0.05, 0) is 43.4 Å². The molecule has 1 aromatic heterocycles. The highest BCUT2D eigenvalue weighted by Crippen LogP contribution is 2.35. The minimum absolute atomic E-state index is 0.0253. The molecule has 0 saturated heterocycles. The molecule has 138 valence electrons. The van der Waals surface area contributed by atoms with Crippen LogP contribution in [0.25, 0.3) is 10.9 Å². The third-order valence-corrected chi connectivity index (χ3v) is 5.24. The summed E-state index contributed by atoms with van der Waals surface area (Å²) in [5.74, 6) is -0.733. The smallest absolute Gasteiger partial charge is 0.267 e. The van der Waals surface area contributed by atoms with Crippen molar-refractivity contribution in [2.75, 3.05) is 6.54 Å². The maximum absolute atomic E-state index is 12.9. The third-order valence-electron chi connectivity index (χ3n) is 5.24. The van der Waals surface area contributed by atoms with Crippen molar-refractivity contribution in [1.29, 1.82) is 0 Å². The second kappa shape index (κ2) is 6.91. The summed E-state index contributed by atoms with van der Waals surface area (Å²) in [6, 6.07) is 15.6. The summed E-state index contributed by atoms with van der Waals surface area (Å²) in [6.07, 6.45) is 2.34. The first-order valence-corrected chi connectivity index (χ1v) is 9.29. The number of carbonyl (C=O) groups is 1. The monoisotopic (exact) mass is 362 g/mol. The zero-order valence-electron chi connectivity index (χ0n) is 15.2. The number of hydrogen-bond acceptors (Lipinski definition) is 3. The molecule has 0 aliphatic carbocycles. The SMILES string of the molecule is CC1Cc2cccc3c(O)c(C(=O)NCCCc4ccccc4)c(=O)n1c23. The molecule has 1 aliphatic heterocycles. The maximum atomic E-state index is 12.9. The van der Waals surface area contributed by atoms with Gasteiger partial charge in [-0.15, -0.1) is 0 Å². The first-order valence-electron chi connectivity index (χ1n) is 9.29. The number of carbonyl (C=O) groups excluding carboxylic acids is 1. The van der Waals surface area contributed by atoms with Gasteiger partial charge >= 0.3 is 0 Å². The van der Waals surface area contributed by atoms with Crippen molar-refractivity contribution in [3.63, 3.8) is 0 Å². The lowest BCUT2D eigenvalue weighted by molar-refractivity contribution is 0.0948. The van der Waals surface area contributed by atoms with Crippen LogP contribution in [0, 0.1) is 0 Å².